The first-order valence-electron chi connectivity index (χ1n) is 9.13. The number of nitrogens with zero attached hydrogens (tertiary/aromatic N) is 3. The van der Waals surface area contributed by atoms with Crippen molar-refractivity contribution in [3.63, 3.8) is 0 Å². The highest BCUT2D eigenvalue weighted by molar-refractivity contribution is 5.61. The molecule has 3 rings (SSSR count). The van der Waals surface area contributed by atoms with Gasteiger partial charge in [0.15, 0.2) is 0 Å². The second-order valence-corrected chi connectivity index (χ2v) is 6.85. The Morgan fingerprint density at radius 3 is 2.20 bits per heavy atom. The van der Waals surface area contributed by atoms with Crippen molar-refractivity contribution < 1.29 is 0 Å². The predicted octanol–water partition coefficient (Wildman–Crippen LogP) is 5.76. The van der Waals surface area contributed by atoms with Gasteiger partial charge < -0.3 is 0 Å². The molecule has 0 amide bonds. The number of hydrogen-bond acceptors (Lipinski definition) is 2. The Balaban J connectivity index is 2.03. The lowest BCUT2D eigenvalue weighted by atomic mass is 9.98. The Morgan fingerprint density at radius 1 is 0.960 bits per heavy atom. The summed E-state index contributed by atoms with van der Waals surface area (Å²) in [5.74, 6) is 1.48. The highest BCUT2D eigenvalue weighted by Crippen LogP contribution is 2.28. The molecule has 0 spiro atoms. The average molecular weight is 333 g/mol. The predicted molar refractivity (Wildman–Crippen MR) is 104 cm³/mol. The van der Waals surface area contributed by atoms with Gasteiger partial charge in [-0.1, -0.05) is 31.5 Å². The van der Waals surface area contributed by atoms with Crippen molar-refractivity contribution in [2.75, 3.05) is 0 Å². The molecule has 2 heterocycles. The van der Waals surface area contributed by atoms with Crippen LogP contribution in [0.2, 0.25) is 0 Å². The number of benzene rings is 1. The SMILES string of the molecule is CCC(CC)c1ccc(-c2nccn2-c2c(C)cc(C)cc2C)cn1. The maximum atomic E-state index is 4.72. The van der Waals surface area contributed by atoms with Gasteiger partial charge >= 0.3 is 0 Å². The molecule has 3 heteroatoms. The minimum atomic E-state index is 0.537. The van der Waals surface area contributed by atoms with E-state index >= 15 is 0 Å². The fraction of sp³-hybridized carbons (Fsp3) is 0.364. The van der Waals surface area contributed by atoms with E-state index in [0.29, 0.717) is 5.92 Å². The third-order valence-electron chi connectivity index (χ3n) is 4.97. The summed E-state index contributed by atoms with van der Waals surface area (Å²) < 4.78 is 2.18. The molecule has 130 valence electrons. The summed E-state index contributed by atoms with van der Waals surface area (Å²) in [7, 11) is 0. The second-order valence-electron chi connectivity index (χ2n) is 6.85. The Kier molecular flexibility index (Phi) is 5.03. The Morgan fingerprint density at radius 2 is 1.64 bits per heavy atom. The third kappa shape index (κ3) is 3.37. The molecule has 0 saturated heterocycles. The molecule has 0 N–H and O–H groups in total. The molecule has 0 fully saturated rings. The molecule has 25 heavy (non-hydrogen) atoms. The minimum absolute atomic E-state index is 0.537. The summed E-state index contributed by atoms with van der Waals surface area (Å²) in [5, 5.41) is 0. The molecule has 1 aromatic carbocycles. The van der Waals surface area contributed by atoms with E-state index in [-0.39, 0.29) is 0 Å². The van der Waals surface area contributed by atoms with Crippen molar-refractivity contribution in [1.29, 1.82) is 0 Å². The van der Waals surface area contributed by atoms with Crippen molar-refractivity contribution in [1.82, 2.24) is 14.5 Å². The van der Waals surface area contributed by atoms with E-state index in [1.54, 1.807) is 0 Å². The Hall–Kier alpha value is -2.42. The fourth-order valence-corrected chi connectivity index (χ4v) is 3.74. The highest BCUT2D eigenvalue weighted by Gasteiger charge is 2.14. The molecule has 0 aliphatic carbocycles. The summed E-state index contributed by atoms with van der Waals surface area (Å²) in [6.45, 7) is 10.9. The molecule has 3 aromatic rings. The van der Waals surface area contributed by atoms with Crippen LogP contribution in [0.4, 0.5) is 0 Å². The van der Waals surface area contributed by atoms with E-state index < -0.39 is 0 Å². The van der Waals surface area contributed by atoms with Crippen molar-refractivity contribution in [2.24, 2.45) is 0 Å². The molecule has 2 aromatic heterocycles. The van der Waals surface area contributed by atoms with E-state index in [0.717, 1.165) is 24.2 Å². The second kappa shape index (κ2) is 7.22. The molecule has 3 nitrogen and oxygen atoms in total. The van der Waals surface area contributed by atoms with Crippen LogP contribution in [0.3, 0.4) is 0 Å². The molecule has 0 saturated carbocycles. The maximum absolute atomic E-state index is 4.72. The van der Waals surface area contributed by atoms with Crippen LogP contribution in [-0.2, 0) is 0 Å². The zero-order valence-electron chi connectivity index (χ0n) is 15.9. The van der Waals surface area contributed by atoms with Crippen molar-refractivity contribution >= 4 is 0 Å². The van der Waals surface area contributed by atoms with Crippen LogP contribution in [0.1, 0.15) is 55.0 Å². The van der Waals surface area contributed by atoms with Crippen LogP contribution in [0.25, 0.3) is 17.1 Å². The largest absolute Gasteiger partial charge is 0.299 e. The van der Waals surface area contributed by atoms with E-state index in [9.17, 15) is 0 Å². The Bertz CT molecular complexity index is 832. The van der Waals surface area contributed by atoms with Crippen molar-refractivity contribution in [2.45, 2.75) is 53.4 Å². The minimum Gasteiger partial charge on any atom is -0.299 e. The van der Waals surface area contributed by atoms with Crippen LogP contribution in [0.15, 0.2) is 42.9 Å². The highest BCUT2D eigenvalue weighted by atomic mass is 15.1. The molecule has 0 aliphatic heterocycles. The molecule has 0 unspecified atom stereocenters. The third-order valence-corrected chi connectivity index (χ3v) is 4.97. The van der Waals surface area contributed by atoms with Crippen LogP contribution in [-0.4, -0.2) is 14.5 Å². The first-order valence-corrected chi connectivity index (χ1v) is 9.13. The van der Waals surface area contributed by atoms with Gasteiger partial charge in [0.05, 0.1) is 5.69 Å². The number of imidazole rings is 1. The summed E-state index contributed by atoms with van der Waals surface area (Å²) >= 11 is 0. The van der Waals surface area contributed by atoms with Gasteiger partial charge in [-0.25, -0.2) is 4.98 Å². The topological polar surface area (TPSA) is 30.7 Å². The van der Waals surface area contributed by atoms with Crippen LogP contribution in [0.5, 0.6) is 0 Å². The van der Waals surface area contributed by atoms with Gasteiger partial charge in [-0.15, -0.1) is 0 Å². The smallest absolute Gasteiger partial charge is 0.146 e. The average Bonchev–Trinajstić information content (AvgIpc) is 3.05. The lowest BCUT2D eigenvalue weighted by molar-refractivity contribution is 0.623. The summed E-state index contributed by atoms with van der Waals surface area (Å²) in [6.07, 6.45) is 8.11. The lowest BCUT2D eigenvalue weighted by Crippen LogP contribution is -2.03. The van der Waals surface area contributed by atoms with E-state index in [2.05, 4.69) is 68.4 Å². The Labute approximate surface area is 150 Å². The monoisotopic (exact) mass is 333 g/mol. The molecule has 0 aliphatic rings. The number of pyridine rings is 1. The van der Waals surface area contributed by atoms with Gasteiger partial charge in [0.25, 0.3) is 0 Å². The summed E-state index contributed by atoms with van der Waals surface area (Å²) in [4.78, 5) is 9.32. The molecular weight excluding hydrogens is 306 g/mol. The van der Waals surface area contributed by atoms with Gasteiger partial charge in [-0.05, 0) is 56.9 Å². The number of aromatic nitrogens is 3. The first-order chi connectivity index (χ1) is 12.0. The zero-order valence-corrected chi connectivity index (χ0v) is 15.9. The number of aryl methyl sites for hydroxylation is 3. The number of hydrogen-bond donors (Lipinski definition) is 0. The molecule has 0 radical (unpaired) electrons. The summed E-state index contributed by atoms with van der Waals surface area (Å²) in [6, 6.07) is 8.75. The van der Waals surface area contributed by atoms with Crippen molar-refractivity contribution in [3.05, 3.63) is 65.2 Å². The van der Waals surface area contributed by atoms with E-state index in [4.69, 9.17) is 4.98 Å². The number of rotatable bonds is 5. The van der Waals surface area contributed by atoms with Gasteiger partial charge in [0, 0.05) is 35.8 Å². The van der Waals surface area contributed by atoms with E-state index in [1.165, 1.54) is 28.1 Å². The first kappa shape index (κ1) is 17.4. The van der Waals surface area contributed by atoms with Gasteiger partial charge in [0.2, 0.25) is 0 Å². The zero-order chi connectivity index (χ0) is 18.0. The van der Waals surface area contributed by atoms with E-state index in [1.807, 2.05) is 18.6 Å². The fourth-order valence-electron chi connectivity index (χ4n) is 3.74. The maximum Gasteiger partial charge on any atom is 0.146 e. The normalized spacial score (nSPS) is 11.3. The van der Waals surface area contributed by atoms with Crippen LogP contribution < -0.4 is 0 Å². The van der Waals surface area contributed by atoms with Crippen LogP contribution >= 0.6 is 0 Å². The summed E-state index contributed by atoms with van der Waals surface area (Å²) in [5.41, 5.74) is 7.25. The molecule has 0 atom stereocenters. The van der Waals surface area contributed by atoms with Gasteiger partial charge in [0.1, 0.15) is 5.82 Å². The van der Waals surface area contributed by atoms with Crippen LogP contribution in [0, 0.1) is 20.8 Å². The van der Waals surface area contributed by atoms with Gasteiger partial charge in [-0.2, -0.15) is 0 Å². The molecule has 0 bridgehead atoms. The molecular formula is C22H27N3. The quantitative estimate of drug-likeness (QED) is 0.594. The van der Waals surface area contributed by atoms with Crippen molar-refractivity contribution in [3.8, 4) is 17.1 Å². The standard InChI is InChI=1S/C22H27N3/c1-6-18(7-2)20-9-8-19(14-24-20)22-23-10-11-25(22)21-16(4)12-15(3)13-17(21)5/h8-14,18H,6-7H2,1-5H3. The van der Waals surface area contributed by atoms with Gasteiger partial charge in [-0.3, -0.25) is 9.55 Å². The lowest BCUT2D eigenvalue weighted by Gasteiger charge is -2.16.